The lowest BCUT2D eigenvalue weighted by molar-refractivity contribution is -0.205. The summed E-state index contributed by atoms with van der Waals surface area (Å²) >= 11 is 0. The Balaban J connectivity index is 1.35. The molecule has 4 heterocycles. The Hall–Kier alpha value is -3.72. The molecule has 1 aliphatic heterocycles. The van der Waals surface area contributed by atoms with Gasteiger partial charge in [-0.1, -0.05) is 12.1 Å². The van der Waals surface area contributed by atoms with Crippen LogP contribution < -0.4 is 5.73 Å². The number of carbonyl (C=O) groups is 1. The van der Waals surface area contributed by atoms with Gasteiger partial charge in [0.05, 0.1) is 23.2 Å². The van der Waals surface area contributed by atoms with Gasteiger partial charge in [0, 0.05) is 36.1 Å². The molecular formula is C26H30N6O3. The highest BCUT2D eigenvalue weighted by atomic mass is 16.7. The second kappa shape index (κ2) is 8.81. The molecule has 9 nitrogen and oxygen atoms in total. The first-order chi connectivity index (χ1) is 16.7. The molecule has 182 valence electrons. The van der Waals surface area contributed by atoms with Gasteiger partial charge >= 0.3 is 5.97 Å². The van der Waals surface area contributed by atoms with Gasteiger partial charge in [-0.3, -0.25) is 4.68 Å². The number of benzene rings is 1. The second-order valence-corrected chi connectivity index (χ2v) is 10.0. The zero-order chi connectivity index (χ0) is 24.7. The molecule has 35 heavy (non-hydrogen) atoms. The van der Waals surface area contributed by atoms with E-state index in [0.29, 0.717) is 35.9 Å². The number of carbonyl (C=O) groups excluding carboxylic acids is 1. The second-order valence-electron chi connectivity index (χ2n) is 10.0. The topological polar surface area (TPSA) is 112 Å². The van der Waals surface area contributed by atoms with Crippen LogP contribution in [0.25, 0.3) is 33.7 Å². The molecule has 0 unspecified atom stereocenters. The van der Waals surface area contributed by atoms with Crippen LogP contribution in [0.5, 0.6) is 0 Å². The summed E-state index contributed by atoms with van der Waals surface area (Å²) in [6.45, 7) is 8.98. The summed E-state index contributed by atoms with van der Waals surface area (Å²) in [7, 11) is 0. The minimum atomic E-state index is -0.520. The summed E-state index contributed by atoms with van der Waals surface area (Å²) in [6.07, 6.45) is 5.30. The average molecular weight is 475 g/mol. The highest BCUT2D eigenvalue weighted by Crippen LogP contribution is 2.34. The van der Waals surface area contributed by atoms with Crippen LogP contribution in [0.1, 0.15) is 45.3 Å². The van der Waals surface area contributed by atoms with Gasteiger partial charge in [-0.25, -0.2) is 14.8 Å². The maximum atomic E-state index is 12.2. The minimum absolute atomic E-state index is 0.209. The molecule has 1 fully saturated rings. The Labute approximate surface area is 203 Å². The number of aromatic nitrogens is 4. The fraction of sp³-hybridized carbons (Fsp3) is 0.385. The molecule has 1 aliphatic rings. The van der Waals surface area contributed by atoms with Crippen molar-refractivity contribution in [3.05, 3.63) is 48.4 Å². The van der Waals surface area contributed by atoms with E-state index in [-0.39, 0.29) is 12.0 Å². The van der Waals surface area contributed by atoms with E-state index in [1.165, 1.54) is 0 Å². The van der Waals surface area contributed by atoms with Gasteiger partial charge in [0.25, 0.3) is 0 Å². The van der Waals surface area contributed by atoms with E-state index in [4.69, 9.17) is 20.1 Å². The van der Waals surface area contributed by atoms with Crippen LogP contribution in [0.3, 0.4) is 0 Å². The van der Waals surface area contributed by atoms with E-state index in [1.54, 1.807) is 11.3 Å². The normalized spacial score (nSPS) is 15.5. The van der Waals surface area contributed by atoms with Crippen LogP contribution >= 0.6 is 0 Å². The maximum absolute atomic E-state index is 12.2. The quantitative estimate of drug-likeness (QED) is 0.449. The number of piperidine rings is 1. The molecular weight excluding hydrogens is 444 g/mol. The number of hydroxylamine groups is 2. The molecule has 4 aromatic rings. The van der Waals surface area contributed by atoms with Gasteiger partial charge in [0.1, 0.15) is 11.3 Å². The number of pyridine rings is 1. The molecule has 0 atom stereocenters. The van der Waals surface area contributed by atoms with E-state index in [1.807, 2.05) is 57.3 Å². The smallest absolute Gasteiger partial charge is 0.330 e. The first kappa shape index (κ1) is 23.0. The Kier molecular flexibility index (Phi) is 5.80. The van der Waals surface area contributed by atoms with Crippen LogP contribution in [-0.4, -0.2) is 43.9 Å². The number of nitrogen functional groups attached to an aromatic ring is 1. The number of oxazole rings is 1. The van der Waals surface area contributed by atoms with Gasteiger partial charge in [0.15, 0.2) is 5.58 Å². The summed E-state index contributed by atoms with van der Waals surface area (Å²) < 4.78 is 7.99. The van der Waals surface area contributed by atoms with Crippen molar-refractivity contribution in [2.75, 3.05) is 18.8 Å². The predicted molar refractivity (Wildman–Crippen MR) is 133 cm³/mol. The molecule has 0 bridgehead atoms. The van der Waals surface area contributed by atoms with Crippen LogP contribution in [-0.2, 0) is 9.63 Å². The lowest BCUT2D eigenvalue weighted by Crippen LogP contribution is -2.39. The molecule has 1 aromatic carbocycles. The van der Waals surface area contributed by atoms with E-state index >= 15 is 0 Å². The SMILES string of the molecule is Cc1c(-c2cnc(N)c(-c3nc4ccccc4o3)c2)cnn1C1CCN(OC(=O)C(C)(C)C)CC1. The van der Waals surface area contributed by atoms with Gasteiger partial charge in [-0.15, -0.1) is 5.06 Å². The number of hydrogen-bond acceptors (Lipinski definition) is 8. The lowest BCUT2D eigenvalue weighted by Gasteiger charge is -2.32. The van der Waals surface area contributed by atoms with Crippen LogP contribution in [0.15, 0.2) is 47.1 Å². The number of hydrogen-bond donors (Lipinski definition) is 1. The highest BCUT2D eigenvalue weighted by molar-refractivity contribution is 5.81. The molecule has 9 heteroatoms. The third-order valence-electron chi connectivity index (χ3n) is 6.39. The number of nitrogens with two attached hydrogens (primary N) is 1. The van der Waals surface area contributed by atoms with Crippen LogP contribution in [0.2, 0.25) is 0 Å². The molecule has 2 N–H and O–H groups in total. The fourth-order valence-electron chi connectivity index (χ4n) is 4.29. The van der Waals surface area contributed by atoms with Crippen molar-refractivity contribution in [2.24, 2.45) is 5.41 Å². The van der Waals surface area contributed by atoms with Crippen molar-refractivity contribution in [3.8, 4) is 22.6 Å². The molecule has 3 aromatic heterocycles. The van der Waals surface area contributed by atoms with Gasteiger partial charge in [0.2, 0.25) is 5.89 Å². The summed E-state index contributed by atoms with van der Waals surface area (Å²) in [4.78, 5) is 26.7. The van der Waals surface area contributed by atoms with Crippen LogP contribution in [0.4, 0.5) is 5.82 Å². The van der Waals surface area contributed by atoms with Crippen LogP contribution in [0, 0.1) is 12.3 Å². The minimum Gasteiger partial charge on any atom is -0.436 e. The molecule has 0 saturated carbocycles. The maximum Gasteiger partial charge on any atom is 0.330 e. The first-order valence-electron chi connectivity index (χ1n) is 11.8. The van der Waals surface area contributed by atoms with Gasteiger partial charge in [-0.2, -0.15) is 5.10 Å². The Bertz CT molecular complexity index is 1340. The highest BCUT2D eigenvalue weighted by Gasteiger charge is 2.29. The van der Waals surface area contributed by atoms with E-state index in [2.05, 4.69) is 21.6 Å². The third-order valence-corrected chi connectivity index (χ3v) is 6.39. The number of para-hydroxylation sites is 2. The average Bonchev–Trinajstić information content (AvgIpc) is 3.43. The lowest BCUT2D eigenvalue weighted by atomic mass is 9.98. The predicted octanol–water partition coefficient (Wildman–Crippen LogP) is 4.79. The molecule has 0 radical (unpaired) electrons. The first-order valence-corrected chi connectivity index (χ1v) is 11.8. The van der Waals surface area contributed by atoms with E-state index < -0.39 is 5.41 Å². The van der Waals surface area contributed by atoms with E-state index in [9.17, 15) is 4.79 Å². The Morgan fingerprint density at radius 2 is 1.89 bits per heavy atom. The molecule has 1 saturated heterocycles. The molecule has 0 amide bonds. The zero-order valence-corrected chi connectivity index (χ0v) is 20.5. The van der Waals surface area contributed by atoms with E-state index in [0.717, 1.165) is 35.2 Å². The number of nitrogens with zero attached hydrogens (tertiary/aromatic N) is 5. The van der Waals surface area contributed by atoms with Gasteiger partial charge in [-0.05, 0) is 58.7 Å². The van der Waals surface area contributed by atoms with Crippen molar-refractivity contribution >= 4 is 22.9 Å². The van der Waals surface area contributed by atoms with Crippen molar-refractivity contribution in [3.63, 3.8) is 0 Å². The number of rotatable bonds is 4. The van der Waals surface area contributed by atoms with Gasteiger partial charge < -0.3 is 15.0 Å². The molecule has 0 spiro atoms. The Morgan fingerprint density at radius 3 is 2.60 bits per heavy atom. The summed E-state index contributed by atoms with van der Waals surface area (Å²) in [5.74, 6) is 0.599. The monoisotopic (exact) mass is 474 g/mol. The molecule has 5 rings (SSSR count). The van der Waals surface area contributed by atoms with Crippen molar-refractivity contribution < 1.29 is 14.0 Å². The fourth-order valence-corrected chi connectivity index (χ4v) is 4.29. The molecule has 0 aliphatic carbocycles. The largest absolute Gasteiger partial charge is 0.436 e. The zero-order valence-electron chi connectivity index (χ0n) is 20.5. The van der Waals surface area contributed by atoms with Crippen molar-refractivity contribution in [1.29, 1.82) is 0 Å². The standard InChI is InChI=1S/C26H30N6O3/c1-16-20(15-29-32(16)18-9-11-31(12-10-18)35-25(33)26(2,3)4)17-13-19(23(27)28-14-17)24-30-21-7-5-6-8-22(21)34-24/h5-8,13-15,18H,9-12H2,1-4H3,(H2,27,28). The summed E-state index contributed by atoms with van der Waals surface area (Å²) in [6, 6.07) is 9.79. The summed E-state index contributed by atoms with van der Waals surface area (Å²) in [5, 5.41) is 6.46. The number of fused-ring (bicyclic) bond motifs is 1. The Morgan fingerprint density at radius 1 is 1.14 bits per heavy atom. The third kappa shape index (κ3) is 4.51. The summed E-state index contributed by atoms with van der Waals surface area (Å²) in [5.41, 5.74) is 10.7. The van der Waals surface area contributed by atoms with Crippen molar-refractivity contribution in [1.82, 2.24) is 24.8 Å². The van der Waals surface area contributed by atoms with Crippen molar-refractivity contribution in [2.45, 2.75) is 46.6 Å². The number of anilines is 1.